The number of hydrogen-bond acceptors (Lipinski definition) is 2. The van der Waals surface area contributed by atoms with Gasteiger partial charge >= 0.3 is 199 Å². The van der Waals surface area contributed by atoms with E-state index in [2.05, 4.69) is 161 Å². The average Bonchev–Trinajstić information content (AvgIpc) is 2.91. The Hall–Kier alpha value is -3.76. The monoisotopic (exact) mass is 488 g/mol. The van der Waals surface area contributed by atoms with E-state index in [4.69, 9.17) is 0 Å². The zero-order chi connectivity index (χ0) is 22.3. The van der Waals surface area contributed by atoms with Crippen LogP contribution in [-0.4, -0.2) is 13.5 Å². The molecule has 0 amide bonds. The first kappa shape index (κ1) is 21.1. The molecule has 5 aromatic rings. The molecular weight excluding hydrogens is 461 g/mol. The van der Waals surface area contributed by atoms with E-state index in [9.17, 15) is 0 Å². The van der Waals surface area contributed by atoms with Gasteiger partial charge in [-0.1, -0.05) is 0 Å². The quantitative estimate of drug-likeness (QED) is 0.251. The molecule has 3 heteroatoms. The number of hydrazine groups is 1. The Morgan fingerprint density at radius 3 is 1.12 bits per heavy atom. The van der Waals surface area contributed by atoms with Crippen molar-refractivity contribution in [2.45, 2.75) is 0 Å². The summed E-state index contributed by atoms with van der Waals surface area (Å²) in [6.07, 6.45) is 0. The summed E-state index contributed by atoms with van der Waals surface area (Å²) >= 11 is -3.50. The number of para-hydroxylation sites is 2. The van der Waals surface area contributed by atoms with Gasteiger partial charge in [0.2, 0.25) is 0 Å². The summed E-state index contributed by atoms with van der Waals surface area (Å²) in [5.41, 5.74) is 6.07. The zero-order valence-corrected chi connectivity index (χ0v) is 20.5. The van der Waals surface area contributed by atoms with Crippen molar-refractivity contribution in [2.24, 2.45) is 0 Å². The van der Waals surface area contributed by atoms with Crippen LogP contribution in [0.25, 0.3) is 0 Å². The number of benzene rings is 5. The predicted octanol–water partition coefficient (Wildman–Crippen LogP) is 5.19. The summed E-state index contributed by atoms with van der Waals surface area (Å²) in [4.78, 5) is 0. The van der Waals surface area contributed by atoms with Crippen LogP contribution in [-0.2, 0) is 0 Å². The van der Waals surface area contributed by atoms with Crippen LogP contribution in [0.5, 0.6) is 0 Å². The third kappa shape index (κ3) is 4.18. The standard InChI is InChI=1S/C30H26GeN2/c1-6-16-26(17-7-1)31(27-18-8-2-9-19-27,28-20-10-3-11-21-28)33(30-24-14-5-15-25-30)32-29-22-12-4-13-23-29/h1-25,32H. The summed E-state index contributed by atoms with van der Waals surface area (Å²) in [7, 11) is 0. The number of hydrogen-bond donors (Lipinski definition) is 1. The van der Waals surface area contributed by atoms with E-state index < -0.39 is 13.5 Å². The summed E-state index contributed by atoms with van der Waals surface area (Å²) in [6, 6.07) is 54.2. The van der Waals surface area contributed by atoms with Crippen LogP contribution in [0.3, 0.4) is 0 Å². The minimum absolute atomic E-state index is 1.07. The van der Waals surface area contributed by atoms with Gasteiger partial charge < -0.3 is 0 Å². The Kier molecular flexibility index (Phi) is 6.27. The average molecular weight is 487 g/mol. The van der Waals surface area contributed by atoms with Crippen LogP contribution >= 0.6 is 0 Å². The third-order valence-corrected chi connectivity index (χ3v) is 15.5. The molecule has 0 fully saturated rings. The molecule has 1 N–H and O–H groups in total. The normalized spacial score (nSPS) is 11.0. The second-order valence-electron chi connectivity index (χ2n) is 7.96. The molecule has 2 nitrogen and oxygen atoms in total. The maximum atomic E-state index is 3.85. The van der Waals surface area contributed by atoms with E-state index in [0.717, 1.165) is 11.4 Å². The van der Waals surface area contributed by atoms with Crippen LogP contribution in [0.2, 0.25) is 0 Å². The molecule has 0 bridgehead atoms. The minimum atomic E-state index is -3.50. The fraction of sp³-hybridized carbons (Fsp3) is 0. The van der Waals surface area contributed by atoms with Crippen LogP contribution in [0.1, 0.15) is 0 Å². The van der Waals surface area contributed by atoms with Gasteiger partial charge in [0.1, 0.15) is 0 Å². The third-order valence-electron chi connectivity index (χ3n) is 5.94. The first-order valence-electron chi connectivity index (χ1n) is 11.2. The second-order valence-corrected chi connectivity index (χ2v) is 15.5. The Balaban J connectivity index is 1.86. The molecule has 0 aliphatic rings. The molecule has 0 radical (unpaired) electrons. The van der Waals surface area contributed by atoms with Gasteiger partial charge in [-0.2, -0.15) is 0 Å². The molecule has 0 aliphatic carbocycles. The molecule has 0 saturated carbocycles. The van der Waals surface area contributed by atoms with Crippen LogP contribution in [0, 0.1) is 0 Å². The molecule has 5 aromatic carbocycles. The molecular formula is C30H26GeN2. The number of anilines is 2. The van der Waals surface area contributed by atoms with Gasteiger partial charge in [-0.3, -0.25) is 0 Å². The fourth-order valence-corrected chi connectivity index (χ4v) is 14.2. The van der Waals surface area contributed by atoms with Crippen molar-refractivity contribution in [3.63, 3.8) is 0 Å². The Bertz CT molecular complexity index is 1170. The van der Waals surface area contributed by atoms with Crippen molar-refractivity contribution in [1.82, 2.24) is 0 Å². The van der Waals surface area contributed by atoms with Crippen molar-refractivity contribution in [3.8, 4) is 0 Å². The predicted molar refractivity (Wildman–Crippen MR) is 143 cm³/mol. The molecule has 5 rings (SSSR count). The van der Waals surface area contributed by atoms with Crippen molar-refractivity contribution < 1.29 is 0 Å². The first-order valence-corrected chi connectivity index (χ1v) is 15.3. The Morgan fingerprint density at radius 2 is 0.727 bits per heavy atom. The van der Waals surface area contributed by atoms with Crippen molar-refractivity contribution in [2.75, 3.05) is 9.39 Å². The van der Waals surface area contributed by atoms with E-state index in [1.165, 1.54) is 13.2 Å². The van der Waals surface area contributed by atoms with E-state index in [0.29, 0.717) is 0 Å². The molecule has 0 aromatic heterocycles. The summed E-state index contributed by atoms with van der Waals surface area (Å²) in [6.45, 7) is 0. The first-order chi connectivity index (χ1) is 16.4. The van der Waals surface area contributed by atoms with Gasteiger partial charge in [-0.15, -0.1) is 0 Å². The molecule has 0 spiro atoms. The number of rotatable bonds is 7. The second kappa shape index (κ2) is 9.80. The molecule has 0 saturated heterocycles. The number of nitrogens with one attached hydrogen (secondary N) is 1. The van der Waals surface area contributed by atoms with Crippen molar-refractivity contribution in [1.29, 1.82) is 0 Å². The zero-order valence-electron chi connectivity index (χ0n) is 18.4. The van der Waals surface area contributed by atoms with E-state index in [1.54, 1.807) is 0 Å². The van der Waals surface area contributed by atoms with E-state index in [1.807, 2.05) is 0 Å². The van der Waals surface area contributed by atoms with Gasteiger partial charge in [0.25, 0.3) is 0 Å². The van der Waals surface area contributed by atoms with Gasteiger partial charge in [0, 0.05) is 0 Å². The fourth-order valence-electron chi connectivity index (χ4n) is 4.49. The van der Waals surface area contributed by atoms with Crippen molar-refractivity contribution in [3.05, 3.63) is 152 Å². The summed E-state index contributed by atoms with van der Waals surface area (Å²) < 4.78 is 6.57. The molecule has 0 heterocycles. The molecule has 0 atom stereocenters. The Morgan fingerprint density at radius 1 is 0.394 bits per heavy atom. The molecule has 0 aliphatic heterocycles. The van der Waals surface area contributed by atoms with Gasteiger partial charge in [-0.05, 0) is 0 Å². The SMILES string of the molecule is c1ccc(N[N](c2ccccc2)[Ge]([c]2ccccc2)([c]2ccccc2)[c]2ccccc2)cc1. The maximum absolute atomic E-state index is 3.85. The summed E-state index contributed by atoms with van der Waals surface area (Å²) in [5.74, 6) is 0. The van der Waals surface area contributed by atoms with Gasteiger partial charge in [-0.25, -0.2) is 0 Å². The van der Waals surface area contributed by atoms with Gasteiger partial charge in [0.05, 0.1) is 0 Å². The molecule has 160 valence electrons. The number of nitrogens with zero attached hydrogens (tertiary/aromatic N) is 1. The van der Waals surface area contributed by atoms with E-state index in [-0.39, 0.29) is 0 Å². The van der Waals surface area contributed by atoms with Crippen molar-refractivity contribution >= 4 is 38.1 Å². The van der Waals surface area contributed by atoms with Crippen LogP contribution < -0.4 is 22.6 Å². The van der Waals surface area contributed by atoms with E-state index >= 15 is 0 Å². The topological polar surface area (TPSA) is 15.3 Å². The van der Waals surface area contributed by atoms with Crippen LogP contribution in [0.4, 0.5) is 11.4 Å². The van der Waals surface area contributed by atoms with Crippen LogP contribution in [0.15, 0.2) is 152 Å². The summed E-state index contributed by atoms with van der Waals surface area (Å²) in [5, 5.41) is 0. The molecule has 33 heavy (non-hydrogen) atoms. The Labute approximate surface area is 198 Å². The molecule has 0 unspecified atom stereocenters. The van der Waals surface area contributed by atoms with Gasteiger partial charge in [0.15, 0.2) is 0 Å².